The summed E-state index contributed by atoms with van der Waals surface area (Å²) in [4.78, 5) is 0. The number of hydrogen-bond donors (Lipinski definition) is 0. The largest absolute Gasteiger partial charge is 0.342 e. The minimum atomic E-state index is -0.273. The molecule has 1 nitrogen and oxygen atoms in total. The van der Waals surface area contributed by atoms with E-state index in [9.17, 15) is 4.39 Å². The Balaban J connectivity index is 2.03. The third kappa shape index (κ3) is 1.92. The van der Waals surface area contributed by atoms with Crippen LogP contribution in [0.15, 0.2) is 60.7 Å². The highest BCUT2D eigenvalue weighted by Crippen LogP contribution is 2.38. The molecule has 1 heterocycles. The summed E-state index contributed by atoms with van der Waals surface area (Å²) >= 11 is 6.53. The highest BCUT2D eigenvalue weighted by atomic mass is 35.5. The summed E-state index contributed by atoms with van der Waals surface area (Å²) in [5.41, 5.74) is 2.87. The van der Waals surface area contributed by atoms with Crippen molar-refractivity contribution >= 4 is 33.3 Å². The number of fused-ring (bicyclic) bond motifs is 2. The van der Waals surface area contributed by atoms with Crippen LogP contribution in [0.4, 0.5) is 4.39 Å². The first kappa shape index (κ1) is 13.4. The van der Waals surface area contributed by atoms with Crippen LogP contribution in [-0.2, 0) is 7.05 Å². The predicted octanol–water partition coefficient (Wildman–Crippen LogP) is 5.79. The molecule has 3 aromatic carbocycles. The van der Waals surface area contributed by atoms with E-state index in [0.717, 1.165) is 27.5 Å². The number of rotatable bonds is 1. The van der Waals surface area contributed by atoms with Gasteiger partial charge in [0.15, 0.2) is 0 Å². The lowest BCUT2D eigenvalue weighted by atomic mass is 10.0. The SMILES string of the molecule is Cn1c(-c2ccc3ccccc3c2)c(Cl)c2cc(F)ccc21. The normalized spacial score (nSPS) is 11.4. The smallest absolute Gasteiger partial charge is 0.124 e. The van der Waals surface area contributed by atoms with Crippen LogP contribution in [0.1, 0.15) is 0 Å². The van der Waals surface area contributed by atoms with Gasteiger partial charge in [-0.2, -0.15) is 0 Å². The van der Waals surface area contributed by atoms with Gasteiger partial charge in [-0.05, 0) is 35.0 Å². The van der Waals surface area contributed by atoms with Crippen LogP contribution < -0.4 is 0 Å². The van der Waals surface area contributed by atoms with E-state index in [1.165, 1.54) is 17.5 Å². The topological polar surface area (TPSA) is 4.93 Å². The molecular formula is C19H13ClFN. The van der Waals surface area contributed by atoms with E-state index in [4.69, 9.17) is 11.6 Å². The number of halogens is 2. The monoisotopic (exact) mass is 309 g/mol. The molecule has 0 N–H and O–H groups in total. The fourth-order valence-corrected chi connectivity index (χ4v) is 3.42. The van der Waals surface area contributed by atoms with Gasteiger partial charge in [-0.15, -0.1) is 0 Å². The van der Waals surface area contributed by atoms with Crippen molar-refractivity contribution in [3.05, 3.63) is 71.5 Å². The zero-order valence-electron chi connectivity index (χ0n) is 12.0. The van der Waals surface area contributed by atoms with Gasteiger partial charge in [-0.25, -0.2) is 4.39 Å². The molecule has 0 spiro atoms. The molecule has 0 fully saturated rings. The van der Waals surface area contributed by atoms with Crippen molar-refractivity contribution in [3.8, 4) is 11.3 Å². The second-order valence-electron chi connectivity index (χ2n) is 5.45. The third-order valence-electron chi connectivity index (χ3n) is 4.12. The maximum absolute atomic E-state index is 13.5. The summed E-state index contributed by atoms with van der Waals surface area (Å²) in [5, 5.41) is 3.68. The Morgan fingerprint density at radius 3 is 2.50 bits per heavy atom. The third-order valence-corrected chi connectivity index (χ3v) is 4.51. The molecule has 0 amide bonds. The Morgan fingerprint density at radius 2 is 1.68 bits per heavy atom. The molecule has 1 aromatic heterocycles. The number of hydrogen-bond acceptors (Lipinski definition) is 0. The summed E-state index contributed by atoms with van der Waals surface area (Å²) in [7, 11) is 1.96. The highest BCUT2D eigenvalue weighted by molar-refractivity contribution is 6.38. The lowest BCUT2D eigenvalue weighted by molar-refractivity contribution is 0.629. The van der Waals surface area contributed by atoms with Crippen LogP contribution in [-0.4, -0.2) is 4.57 Å². The second kappa shape index (κ2) is 4.85. The Labute approximate surface area is 132 Å². The van der Waals surface area contributed by atoms with Crippen LogP contribution in [0.25, 0.3) is 32.9 Å². The van der Waals surface area contributed by atoms with E-state index in [1.807, 2.05) is 23.7 Å². The van der Waals surface area contributed by atoms with Gasteiger partial charge in [0.2, 0.25) is 0 Å². The lowest BCUT2D eigenvalue weighted by Crippen LogP contribution is -1.91. The Morgan fingerprint density at radius 1 is 0.909 bits per heavy atom. The quantitative estimate of drug-likeness (QED) is 0.419. The van der Waals surface area contributed by atoms with Crippen LogP contribution >= 0.6 is 11.6 Å². The molecular weight excluding hydrogens is 297 g/mol. The zero-order chi connectivity index (χ0) is 15.3. The van der Waals surface area contributed by atoms with Crippen molar-refractivity contribution in [2.75, 3.05) is 0 Å². The van der Waals surface area contributed by atoms with Gasteiger partial charge in [-0.3, -0.25) is 0 Å². The molecule has 0 unspecified atom stereocenters. The minimum absolute atomic E-state index is 0.273. The number of nitrogens with zero attached hydrogens (tertiary/aromatic N) is 1. The summed E-state index contributed by atoms with van der Waals surface area (Å²) in [6.07, 6.45) is 0. The Hall–Kier alpha value is -2.32. The molecule has 0 saturated carbocycles. The lowest BCUT2D eigenvalue weighted by Gasteiger charge is -2.07. The molecule has 0 aliphatic carbocycles. The molecule has 108 valence electrons. The van der Waals surface area contributed by atoms with Crippen molar-refractivity contribution < 1.29 is 4.39 Å². The summed E-state index contributed by atoms with van der Waals surface area (Å²) in [5.74, 6) is -0.273. The zero-order valence-corrected chi connectivity index (χ0v) is 12.7. The van der Waals surface area contributed by atoms with E-state index in [2.05, 4.69) is 30.3 Å². The summed E-state index contributed by atoms with van der Waals surface area (Å²) < 4.78 is 15.5. The van der Waals surface area contributed by atoms with Gasteiger partial charge in [0.25, 0.3) is 0 Å². The van der Waals surface area contributed by atoms with Crippen molar-refractivity contribution in [1.29, 1.82) is 0 Å². The van der Waals surface area contributed by atoms with Gasteiger partial charge in [0, 0.05) is 23.5 Å². The van der Waals surface area contributed by atoms with Gasteiger partial charge in [0.05, 0.1) is 10.7 Å². The molecule has 4 rings (SSSR count). The van der Waals surface area contributed by atoms with Crippen molar-refractivity contribution in [3.63, 3.8) is 0 Å². The van der Waals surface area contributed by atoms with E-state index in [0.29, 0.717) is 5.02 Å². The average molecular weight is 310 g/mol. The fraction of sp³-hybridized carbons (Fsp3) is 0.0526. The molecule has 3 heteroatoms. The molecule has 0 aliphatic rings. The van der Waals surface area contributed by atoms with E-state index in [-0.39, 0.29) is 5.82 Å². The first-order valence-corrected chi connectivity index (χ1v) is 7.45. The van der Waals surface area contributed by atoms with Gasteiger partial charge >= 0.3 is 0 Å². The van der Waals surface area contributed by atoms with Crippen LogP contribution in [0.3, 0.4) is 0 Å². The predicted molar refractivity (Wildman–Crippen MR) is 90.8 cm³/mol. The van der Waals surface area contributed by atoms with Crippen LogP contribution in [0, 0.1) is 5.82 Å². The Bertz CT molecular complexity index is 1020. The van der Waals surface area contributed by atoms with E-state index >= 15 is 0 Å². The minimum Gasteiger partial charge on any atom is -0.342 e. The van der Waals surface area contributed by atoms with Crippen LogP contribution in [0.2, 0.25) is 5.02 Å². The Kier molecular flexibility index (Phi) is 2.95. The average Bonchev–Trinajstić information content (AvgIpc) is 2.78. The second-order valence-corrected chi connectivity index (χ2v) is 5.82. The molecule has 4 aromatic rings. The van der Waals surface area contributed by atoms with E-state index < -0.39 is 0 Å². The van der Waals surface area contributed by atoms with Gasteiger partial charge < -0.3 is 4.57 Å². The van der Waals surface area contributed by atoms with Gasteiger partial charge in [0.1, 0.15) is 5.82 Å². The van der Waals surface area contributed by atoms with Crippen molar-refractivity contribution in [2.45, 2.75) is 0 Å². The maximum Gasteiger partial charge on any atom is 0.124 e. The number of aryl methyl sites for hydroxylation is 1. The van der Waals surface area contributed by atoms with Gasteiger partial charge in [-0.1, -0.05) is 48.0 Å². The molecule has 0 bridgehead atoms. The first-order chi connectivity index (χ1) is 10.6. The standard InChI is InChI=1S/C19H13ClFN/c1-22-17-9-8-15(21)11-16(17)18(20)19(22)14-7-6-12-4-2-3-5-13(12)10-14/h2-11H,1H3. The summed E-state index contributed by atoms with van der Waals surface area (Å²) in [6, 6.07) is 19.2. The molecule has 0 radical (unpaired) electrons. The number of benzene rings is 3. The van der Waals surface area contributed by atoms with E-state index in [1.54, 1.807) is 6.07 Å². The number of aromatic nitrogens is 1. The first-order valence-electron chi connectivity index (χ1n) is 7.08. The molecule has 0 aliphatic heterocycles. The molecule has 0 atom stereocenters. The maximum atomic E-state index is 13.5. The highest BCUT2D eigenvalue weighted by Gasteiger charge is 2.15. The van der Waals surface area contributed by atoms with Crippen molar-refractivity contribution in [2.24, 2.45) is 7.05 Å². The molecule has 0 saturated heterocycles. The molecule has 22 heavy (non-hydrogen) atoms. The summed E-state index contributed by atoms with van der Waals surface area (Å²) in [6.45, 7) is 0. The van der Waals surface area contributed by atoms with Crippen LogP contribution in [0.5, 0.6) is 0 Å². The van der Waals surface area contributed by atoms with Crippen molar-refractivity contribution in [1.82, 2.24) is 4.57 Å². The fourth-order valence-electron chi connectivity index (χ4n) is 3.03.